The molecule has 7 nitrogen and oxygen atoms in total. The molecule has 0 atom stereocenters. The molecule has 0 bridgehead atoms. The quantitative estimate of drug-likeness (QED) is 0.615. The molecule has 2 aromatic rings. The number of benzene rings is 1. The zero-order valence-corrected chi connectivity index (χ0v) is 13.3. The molecule has 0 aliphatic heterocycles. The first-order valence-electron chi connectivity index (χ1n) is 7.18. The zero-order chi connectivity index (χ0) is 17.0. The molecule has 0 spiro atoms. The highest BCUT2D eigenvalue weighted by Gasteiger charge is 2.30. The van der Waals surface area contributed by atoms with Crippen LogP contribution in [0.2, 0.25) is 0 Å². The molecule has 23 heavy (non-hydrogen) atoms. The van der Waals surface area contributed by atoms with Crippen molar-refractivity contribution in [3.63, 3.8) is 0 Å². The summed E-state index contributed by atoms with van der Waals surface area (Å²) in [5.41, 5.74) is 0.824. The van der Waals surface area contributed by atoms with Crippen molar-refractivity contribution in [2.75, 3.05) is 13.7 Å². The molecule has 7 heteroatoms. The minimum absolute atomic E-state index is 0.0351. The third kappa shape index (κ3) is 4.08. The second-order valence-corrected chi connectivity index (χ2v) is 5.18. The van der Waals surface area contributed by atoms with Crippen molar-refractivity contribution >= 4 is 5.97 Å². The van der Waals surface area contributed by atoms with E-state index in [9.17, 15) is 15.0 Å². The molecule has 2 N–H and O–H groups in total. The van der Waals surface area contributed by atoms with E-state index in [1.54, 1.807) is 14.0 Å². The van der Waals surface area contributed by atoms with E-state index in [0.29, 0.717) is 6.54 Å². The molecule has 2 rings (SSSR count). The summed E-state index contributed by atoms with van der Waals surface area (Å²) in [5.74, 6) is -2.13. The van der Waals surface area contributed by atoms with Crippen molar-refractivity contribution in [1.29, 1.82) is 0 Å². The van der Waals surface area contributed by atoms with Gasteiger partial charge in [0.15, 0.2) is 0 Å². The first-order valence-corrected chi connectivity index (χ1v) is 7.18. The number of nitrogens with zero attached hydrogens (tertiary/aromatic N) is 2. The van der Waals surface area contributed by atoms with Crippen LogP contribution in [0.5, 0.6) is 5.75 Å². The fourth-order valence-electron chi connectivity index (χ4n) is 2.13. The Morgan fingerprint density at radius 1 is 1.30 bits per heavy atom. The number of ether oxygens (including phenoxy) is 2. The van der Waals surface area contributed by atoms with Gasteiger partial charge in [-0.05, 0) is 31.5 Å². The summed E-state index contributed by atoms with van der Waals surface area (Å²) in [4.78, 5) is 11.9. The number of esters is 1. The minimum Gasteiger partial charge on any atom is -0.497 e. The fourth-order valence-corrected chi connectivity index (χ4v) is 2.13. The van der Waals surface area contributed by atoms with Crippen LogP contribution >= 0.6 is 0 Å². The first kappa shape index (κ1) is 17.0. The van der Waals surface area contributed by atoms with Crippen molar-refractivity contribution in [2.45, 2.75) is 26.2 Å². The van der Waals surface area contributed by atoms with Crippen molar-refractivity contribution in [1.82, 2.24) is 9.78 Å². The molecule has 0 amide bonds. The van der Waals surface area contributed by atoms with Gasteiger partial charge in [0, 0.05) is 6.20 Å². The average molecular weight is 320 g/mol. The molecule has 0 saturated heterocycles. The molecule has 1 aromatic heterocycles. The van der Waals surface area contributed by atoms with Gasteiger partial charge in [-0.1, -0.05) is 12.1 Å². The Morgan fingerprint density at radius 2 is 1.96 bits per heavy atom. The maximum atomic E-state index is 11.9. The molecule has 0 radical (unpaired) electrons. The molecular weight excluding hydrogens is 300 g/mol. The van der Waals surface area contributed by atoms with Crippen LogP contribution < -0.4 is 4.74 Å². The minimum atomic E-state index is -2.23. The normalized spacial score (nSPS) is 11.3. The summed E-state index contributed by atoms with van der Waals surface area (Å²) in [6.07, 6.45) is 1.45. The predicted octanol–water partition coefficient (Wildman–Crippen LogP) is 1.27. The topological polar surface area (TPSA) is 93.8 Å². The summed E-state index contributed by atoms with van der Waals surface area (Å²) in [7, 11) is 1.59. The molecule has 1 heterocycles. The lowest BCUT2D eigenvalue weighted by atomic mass is 10.1. The highest BCUT2D eigenvalue weighted by atomic mass is 16.5. The molecule has 0 aliphatic carbocycles. The lowest BCUT2D eigenvalue weighted by molar-refractivity contribution is -0.156. The summed E-state index contributed by atoms with van der Waals surface area (Å²) in [5, 5.41) is 23.7. The van der Waals surface area contributed by atoms with Crippen LogP contribution in [0.15, 0.2) is 30.5 Å². The molecule has 1 aromatic carbocycles. The van der Waals surface area contributed by atoms with Gasteiger partial charge in [0.1, 0.15) is 17.0 Å². The Kier molecular flexibility index (Phi) is 5.02. The van der Waals surface area contributed by atoms with E-state index in [0.717, 1.165) is 18.2 Å². The van der Waals surface area contributed by atoms with Crippen molar-refractivity contribution < 1.29 is 24.5 Å². The Balaban J connectivity index is 2.30. The highest BCUT2D eigenvalue weighted by molar-refractivity contribution is 5.90. The second-order valence-electron chi connectivity index (χ2n) is 5.18. The van der Waals surface area contributed by atoms with Gasteiger partial charge in [-0.25, -0.2) is 4.79 Å². The highest BCUT2D eigenvalue weighted by Crippen LogP contribution is 2.21. The largest absolute Gasteiger partial charge is 0.497 e. The van der Waals surface area contributed by atoms with E-state index in [-0.39, 0.29) is 17.9 Å². The number of rotatable bonds is 6. The SMILES string of the molecule is CCOC(=O)c1cn(Cc2ccc(OC)cc2)nc1C(C)(O)O. The molecule has 124 valence electrons. The number of methoxy groups -OCH3 is 1. The monoisotopic (exact) mass is 320 g/mol. The van der Waals surface area contributed by atoms with Gasteiger partial charge in [0.2, 0.25) is 5.79 Å². The Bertz CT molecular complexity index is 671. The van der Waals surface area contributed by atoms with E-state index in [1.165, 1.54) is 10.9 Å². The van der Waals surface area contributed by atoms with Gasteiger partial charge in [-0.15, -0.1) is 0 Å². The lowest BCUT2D eigenvalue weighted by Crippen LogP contribution is -2.24. The molecule has 0 fully saturated rings. The number of aromatic nitrogens is 2. The van der Waals surface area contributed by atoms with E-state index in [4.69, 9.17) is 9.47 Å². The van der Waals surface area contributed by atoms with Crippen LogP contribution in [-0.4, -0.2) is 39.7 Å². The van der Waals surface area contributed by atoms with Crippen molar-refractivity contribution in [2.24, 2.45) is 0 Å². The Hall–Kier alpha value is -2.38. The van der Waals surface area contributed by atoms with Crippen LogP contribution in [0.1, 0.15) is 35.5 Å². The predicted molar refractivity (Wildman–Crippen MR) is 82.1 cm³/mol. The van der Waals surface area contributed by atoms with Gasteiger partial charge in [0.05, 0.1) is 20.3 Å². The summed E-state index contributed by atoms with van der Waals surface area (Å²) in [6.45, 7) is 3.38. The summed E-state index contributed by atoms with van der Waals surface area (Å²) < 4.78 is 11.5. The number of aliphatic hydroxyl groups is 2. The average Bonchev–Trinajstić information content (AvgIpc) is 2.92. The molecule has 0 saturated carbocycles. The second kappa shape index (κ2) is 6.80. The van der Waals surface area contributed by atoms with Crippen molar-refractivity contribution in [3.05, 3.63) is 47.3 Å². The van der Waals surface area contributed by atoms with Gasteiger partial charge in [-0.3, -0.25) is 4.68 Å². The number of hydrogen-bond acceptors (Lipinski definition) is 6. The molecular formula is C16H20N2O5. The van der Waals surface area contributed by atoms with Gasteiger partial charge >= 0.3 is 5.97 Å². The van der Waals surface area contributed by atoms with Gasteiger partial charge in [-0.2, -0.15) is 5.10 Å². The lowest BCUT2D eigenvalue weighted by Gasteiger charge is -2.14. The van der Waals surface area contributed by atoms with Crippen LogP contribution in [0.3, 0.4) is 0 Å². The maximum Gasteiger partial charge on any atom is 0.341 e. The van der Waals surface area contributed by atoms with Crippen LogP contribution in [0, 0.1) is 0 Å². The molecule has 0 unspecified atom stereocenters. The smallest absolute Gasteiger partial charge is 0.341 e. The third-order valence-corrected chi connectivity index (χ3v) is 3.21. The third-order valence-electron chi connectivity index (χ3n) is 3.21. The number of hydrogen-bond donors (Lipinski definition) is 2. The van der Waals surface area contributed by atoms with Crippen molar-refractivity contribution in [3.8, 4) is 5.75 Å². The van der Waals surface area contributed by atoms with Crippen LogP contribution in [0.25, 0.3) is 0 Å². The van der Waals surface area contributed by atoms with E-state index < -0.39 is 11.8 Å². The first-order chi connectivity index (χ1) is 10.8. The summed E-state index contributed by atoms with van der Waals surface area (Å²) >= 11 is 0. The Labute approximate surface area is 134 Å². The number of carbonyl (C=O) groups is 1. The summed E-state index contributed by atoms with van der Waals surface area (Å²) in [6, 6.07) is 7.35. The van der Waals surface area contributed by atoms with Crippen LogP contribution in [0.4, 0.5) is 0 Å². The van der Waals surface area contributed by atoms with E-state index in [2.05, 4.69) is 5.10 Å². The van der Waals surface area contributed by atoms with Crippen LogP contribution in [-0.2, 0) is 17.1 Å². The number of carbonyl (C=O) groups excluding carboxylic acids is 1. The Morgan fingerprint density at radius 3 is 2.48 bits per heavy atom. The molecule has 0 aliphatic rings. The standard InChI is InChI=1S/C16H20N2O5/c1-4-23-15(19)13-10-18(17-14(13)16(2,20)21)9-11-5-7-12(22-3)8-6-11/h5-8,10,20-21H,4,9H2,1-3H3. The fraction of sp³-hybridized carbons (Fsp3) is 0.375. The maximum absolute atomic E-state index is 11.9. The van der Waals surface area contributed by atoms with Gasteiger partial charge < -0.3 is 19.7 Å². The van der Waals surface area contributed by atoms with Gasteiger partial charge in [0.25, 0.3) is 0 Å². The van der Waals surface area contributed by atoms with E-state index in [1.807, 2.05) is 24.3 Å². The zero-order valence-electron chi connectivity index (χ0n) is 13.3. The van der Waals surface area contributed by atoms with E-state index >= 15 is 0 Å².